The predicted molar refractivity (Wildman–Crippen MR) is 191 cm³/mol. The molecule has 4 N–H and O–H groups in total. The van der Waals surface area contributed by atoms with E-state index in [0.29, 0.717) is 22.6 Å². The second kappa shape index (κ2) is 16.8. The Hall–Kier alpha value is -6.92. The minimum atomic E-state index is -4.73. The SMILES string of the molecule is O=C(CCC(=O)Nc1ccccc1C(F)(F)F)N/N=C1/C(=N\NC(=O)CCC(=O)Nc2ccccc2C(F)(F)F)[C@H](c2ccc3c(c2)OCO3)Oc2ccccc21. The zero-order valence-corrected chi connectivity index (χ0v) is 29.3. The lowest BCUT2D eigenvalue weighted by atomic mass is 9.93. The number of carbonyl (C=O) groups is 4. The molecule has 0 aliphatic carbocycles. The van der Waals surface area contributed by atoms with Crippen LogP contribution in [0, 0.1) is 0 Å². The Morgan fingerprint density at radius 3 is 1.70 bits per heavy atom. The third-order valence-electron chi connectivity index (χ3n) is 8.34. The van der Waals surface area contributed by atoms with E-state index in [1.165, 1.54) is 24.3 Å². The van der Waals surface area contributed by atoms with Crippen LogP contribution in [0.25, 0.3) is 0 Å². The number of para-hydroxylation sites is 3. The number of alkyl halides is 6. The Morgan fingerprint density at radius 2 is 1.11 bits per heavy atom. The molecule has 0 bridgehead atoms. The van der Waals surface area contributed by atoms with Gasteiger partial charge in [0.1, 0.15) is 17.2 Å². The topological polar surface area (TPSA) is 169 Å². The maximum absolute atomic E-state index is 13.4. The molecule has 0 aromatic heterocycles. The van der Waals surface area contributed by atoms with Crippen molar-refractivity contribution in [2.75, 3.05) is 17.4 Å². The molecule has 13 nitrogen and oxygen atoms in total. The van der Waals surface area contributed by atoms with Crippen molar-refractivity contribution in [2.45, 2.75) is 44.1 Å². The average Bonchev–Trinajstić information content (AvgIpc) is 3.65. The van der Waals surface area contributed by atoms with E-state index in [2.05, 4.69) is 31.7 Å². The number of nitrogens with zero attached hydrogens (tertiary/aromatic N) is 2. The first-order valence-corrected chi connectivity index (χ1v) is 17.0. The highest BCUT2D eigenvalue weighted by Gasteiger charge is 2.36. The molecule has 19 heteroatoms. The summed E-state index contributed by atoms with van der Waals surface area (Å²) in [6.07, 6.45) is -12.6. The van der Waals surface area contributed by atoms with Crippen LogP contribution in [0.4, 0.5) is 37.7 Å². The number of hydrazone groups is 2. The number of ether oxygens (including phenoxy) is 3. The maximum Gasteiger partial charge on any atom is 0.418 e. The van der Waals surface area contributed by atoms with Crippen molar-refractivity contribution in [3.63, 3.8) is 0 Å². The second-order valence-corrected chi connectivity index (χ2v) is 12.3. The predicted octanol–water partition coefficient (Wildman–Crippen LogP) is 6.72. The van der Waals surface area contributed by atoms with Gasteiger partial charge in [0.25, 0.3) is 0 Å². The van der Waals surface area contributed by atoms with E-state index < -0.39 is 90.3 Å². The summed E-state index contributed by atoms with van der Waals surface area (Å²) >= 11 is 0. The first-order chi connectivity index (χ1) is 27.2. The molecule has 0 spiro atoms. The molecule has 4 amide bonds. The number of amides is 4. The third kappa shape index (κ3) is 9.85. The van der Waals surface area contributed by atoms with Gasteiger partial charge in [-0.15, -0.1) is 0 Å². The minimum Gasteiger partial charge on any atom is -0.478 e. The van der Waals surface area contributed by atoms with Gasteiger partial charge in [-0.1, -0.05) is 42.5 Å². The highest BCUT2D eigenvalue weighted by atomic mass is 19.4. The van der Waals surface area contributed by atoms with Crippen LogP contribution in [0.3, 0.4) is 0 Å². The van der Waals surface area contributed by atoms with Gasteiger partial charge in [-0.2, -0.15) is 36.5 Å². The largest absolute Gasteiger partial charge is 0.478 e. The molecule has 57 heavy (non-hydrogen) atoms. The summed E-state index contributed by atoms with van der Waals surface area (Å²) in [5.74, 6) is -2.23. The van der Waals surface area contributed by atoms with E-state index in [0.717, 1.165) is 24.3 Å². The fraction of sp³-hybridized carbons (Fsp3) is 0.211. The van der Waals surface area contributed by atoms with Gasteiger partial charge in [0.2, 0.25) is 30.4 Å². The van der Waals surface area contributed by atoms with Gasteiger partial charge >= 0.3 is 12.4 Å². The first-order valence-electron chi connectivity index (χ1n) is 17.0. The van der Waals surface area contributed by atoms with Crippen molar-refractivity contribution in [3.05, 3.63) is 113 Å². The normalized spacial score (nSPS) is 16.0. The molecular formula is C38H30F6N6O7. The fourth-order valence-corrected chi connectivity index (χ4v) is 5.65. The summed E-state index contributed by atoms with van der Waals surface area (Å²) in [6, 6.07) is 20.1. The Morgan fingerprint density at radius 1 is 0.596 bits per heavy atom. The Bertz CT molecular complexity index is 2260. The van der Waals surface area contributed by atoms with Crippen LogP contribution in [0.5, 0.6) is 17.2 Å². The Kier molecular flexibility index (Phi) is 11.7. The van der Waals surface area contributed by atoms with Crippen molar-refractivity contribution in [2.24, 2.45) is 10.2 Å². The molecule has 6 rings (SSSR count). The van der Waals surface area contributed by atoms with Crippen LogP contribution in [0.2, 0.25) is 0 Å². The quantitative estimate of drug-likeness (QED) is 0.0966. The standard InChI is InChI=1S/C38H30F6N6O7/c39-37(40,41)23-8-2-4-10-25(23)45-30(51)15-17-32(53)47-49-34-22-7-1-6-12-27(22)57-36(21-13-14-28-29(19-21)56-20-55-28)35(34)50-48-33(54)18-16-31(52)46-26-11-5-3-9-24(26)38(42,43)44/h1-14,19,36H,15-18,20H2,(H,45,51)(H,46,52)(H,47,53)(H,48,54)/b49-34+,50-35+/t36-/m0/s1. The number of anilines is 2. The number of hydrogen-bond acceptors (Lipinski definition) is 9. The monoisotopic (exact) mass is 796 g/mol. The third-order valence-corrected chi connectivity index (χ3v) is 8.34. The van der Waals surface area contributed by atoms with Gasteiger partial charge in [-0.05, 0) is 48.5 Å². The van der Waals surface area contributed by atoms with Gasteiger partial charge in [0.05, 0.1) is 22.5 Å². The summed E-state index contributed by atoms with van der Waals surface area (Å²) in [5.41, 5.74) is 2.27. The molecule has 2 heterocycles. The van der Waals surface area contributed by atoms with Crippen molar-refractivity contribution >= 4 is 46.4 Å². The summed E-state index contributed by atoms with van der Waals surface area (Å²) in [6.45, 7) is -0.0366. The molecule has 2 aliphatic rings. The van der Waals surface area contributed by atoms with Gasteiger partial charge < -0.3 is 24.8 Å². The highest BCUT2D eigenvalue weighted by molar-refractivity contribution is 6.51. The molecule has 0 fully saturated rings. The first kappa shape index (κ1) is 39.8. The van der Waals surface area contributed by atoms with Crippen molar-refractivity contribution in [1.29, 1.82) is 0 Å². The lowest BCUT2D eigenvalue weighted by Gasteiger charge is -2.29. The zero-order valence-electron chi connectivity index (χ0n) is 29.3. The van der Waals surface area contributed by atoms with E-state index in [9.17, 15) is 45.5 Å². The smallest absolute Gasteiger partial charge is 0.418 e. The van der Waals surface area contributed by atoms with E-state index in [1.807, 2.05) is 0 Å². The van der Waals surface area contributed by atoms with Gasteiger partial charge in [0.15, 0.2) is 17.6 Å². The van der Waals surface area contributed by atoms with Crippen molar-refractivity contribution in [1.82, 2.24) is 10.9 Å². The molecule has 1 atom stereocenters. The van der Waals surface area contributed by atoms with E-state index in [1.54, 1.807) is 42.5 Å². The van der Waals surface area contributed by atoms with Crippen LogP contribution in [0.15, 0.2) is 101 Å². The van der Waals surface area contributed by atoms with E-state index in [4.69, 9.17) is 14.2 Å². The fourth-order valence-electron chi connectivity index (χ4n) is 5.65. The van der Waals surface area contributed by atoms with Gasteiger partial charge in [0, 0.05) is 36.8 Å². The van der Waals surface area contributed by atoms with Gasteiger partial charge in [-0.25, -0.2) is 10.9 Å². The molecule has 2 aliphatic heterocycles. The number of rotatable bonds is 11. The molecule has 0 radical (unpaired) electrons. The highest BCUT2D eigenvalue weighted by Crippen LogP contribution is 2.39. The van der Waals surface area contributed by atoms with Crippen molar-refractivity contribution in [3.8, 4) is 17.2 Å². The number of halogens is 6. The Balaban J connectivity index is 1.20. The van der Waals surface area contributed by atoms with Crippen LogP contribution in [-0.2, 0) is 31.5 Å². The summed E-state index contributed by atoms with van der Waals surface area (Å²) in [4.78, 5) is 51.0. The minimum absolute atomic E-state index is 0.00164. The van der Waals surface area contributed by atoms with E-state index >= 15 is 0 Å². The number of carbonyl (C=O) groups excluding carboxylic acids is 4. The van der Waals surface area contributed by atoms with Crippen LogP contribution < -0.4 is 35.7 Å². The molecule has 0 saturated heterocycles. The van der Waals surface area contributed by atoms with Crippen molar-refractivity contribution < 1.29 is 59.7 Å². The summed E-state index contributed by atoms with van der Waals surface area (Å²) < 4.78 is 97.5. The number of nitrogens with one attached hydrogen (secondary N) is 4. The lowest BCUT2D eigenvalue weighted by Crippen LogP contribution is -2.37. The summed E-state index contributed by atoms with van der Waals surface area (Å²) in [7, 11) is 0. The molecule has 296 valence electrons. The number of fused-ring (bicyclic) bond motifs is 2. The number of benzene rings is 4. The molecule has 4 aromatic carbocycles. The molecular weight excluding hydrogens is 766 g/mol. The Labute approximate surface area is 319 Å². The van der Waals surface area contributed by atoms with Gasteiger partial charge in [-0.3, -0.25) is 19.2 Å². The molecule has 4 aromatic rings. The summed E-state index contributed by atoms with van der Waals surface area (Å²) in [5, 5.41) is 12.8. The second-order valence-electron chi connectivity index (χ2n) is 12.3. The maximum atomic E-state index is 13.4. The van der Waals surface area contributed by atoms with Crippen LogP contribution in [-0.4, -0.2) is 41.8 Å². The van der Waals surface area contributed by atoms with Crippen LogP contribution in [0.1, 0.15) is 54.0 Å². The molecule has 0 unspecified atom stereocenters. The van der Waals surface area contributed by atoms with Crippen LogP contribution >= 0.6 is 0 Å². The number of hydrogen-bond donors (Lipinski definition) is 4. The zero-order chi connectivity index (χ0) is 40.7. The lowest BCUT2D eigenvalue weighted by molar-refractivity contribution is -0.138. The average molecular weight is 797 g/mol. The molecule has 0 saturated carbocycles. The van der Waals surface area contributed by atoms with E-state index in [-0.39, 0.29) is 24.0 Å².